The van der Waals surface area contributed by atoms with Crippen molar-refractivity contribution in [2.75, 3.05) is 23.0 Å². The predicted molar refractivity (Wildman–Crippen MR) is 66.8 cm³/mol. The normalized spacial score (nSPS) is 29.9. The van der Waals surface area contributed by atoms with Gasteiger partial charge in [0.05, 0.1) is 25.7 Å². The number of aliphatic hydroxyl groups is 2. The first kappa shape index (κ1) is 12.5. The van der Waals surface area contributed by atoms with Crippen LogP contribution in [0, 0.1) is 0 Å². The second-order valence-corrected chi connectivity index (χ2v) is 4.60. The summed E-state index contributed by atoms with van der Waals surface area (Å²) >= 11 is 0. The summed E-state index contributed by atoms with van der Waals surface area (Å²) in [5.74, 6) is 0.419. The van der Waals surface area contributed by atoms with Crippen LogP contribution in [-0.2, 0) is 4.74 Å². The second kappa shape index (κ2) is 4.51. The highest BCUT2D eigenvalue weighted by atomic mass is 16.5. The Bertz CT molecular complexity index is 539. The number of H-pyrrole nitrogens is 1. The average molecular weight is 264 g/mol. The lowest BCUT2D eigenvalue weighted by Crippen LogP contribution is -2.38. The molecule has 3 rings (SSSR count). The monoisotopic (exact) mass is 264 g/mol. The SMILES string of the molecule is [B]N1CN([C@H]2C[C@H](O)[C@@H](CO)O2)c2nc[nH]c(=O)c21. The predicted octanol–water partition coefficient (Wildman–Crippen LogP) is -2.09. The minimum Gasteiger partial charge on any atom is -0.402 e. The molecule has 2 aliphatic heterocycles. The average Bonchev–Trinajstić information content (AvgIpc) is 2.91. The number of anilines is 2. The topological polar surface area (TPSA) is 102 Å². The van der Waals surface area contributed by atoms with E-state index in [1.165, 1.54) is 11.1 Å². The summed E-state index contributed by atoms with van der Waals surface area (Å²) in [6.45, 7) is -0.0154. The van der Waals surface area contributed by atoms with Crippen molar-refractivity contribution in [1.82, 2.24) is 9.97 Å². The Labute approximate surface area is 110 Å². The molecule has 19 heavy (non-hydrogen) atoms. The molecule has 8 nitrogen and oxygen atoms in total. The number of rotatable bonds is 2. The van der Waals surface area contributed by atoms with Gasteiger partial charge in [-0.15, -0.1) is 0 Å². The van der Waals surface area contributed by atoms with Gasteiger partial charge in [0.15, 0.2) is 5.82 Å². The van der Waals surface area contributed by atoms with Gasteiger partial charge in [-0.05, 0) is 0 Å². The molecule has 1 aromatic rings. The summed E-state index contributed by atoms with van der Waals surface area (Å²) in [4.78, 5) is 21.2. The van der Waals surface area contributed by atoms with E-state index >= 15 is 0 Å². The molecule has 2 aliphatic rings. The Balaban J connectivity index is 1.90. The maximum atomic E-state index is 11.7. The number of aromatic nitrogens is 2. The number of hydrogen-bond acceptors (Lipinski definition) is 7. The molecular weight excluding hydrogens is 251 g/mol. The molecule has 1 aromatic heterocycles. The fraction of sp³-hybridized carbons (Fsp3) is 0.600. The summed E-state index contributed by atoms with van der Waals surface area (Å²) < 4.78 is 5.54. The zero-order chi connectivity index (χ0) is 13.6. The molecule has 1 saturated heterocycles. The fourth-order valence-corrected chi connectivity index (χ4v) is 2.45. The van der Waals surface area contributed by atoms with E-state index in [1.54, 1.807) is 4.90 Å². The highest BCUT2D eigenvalue weighted by molar-refractivity contribution is 6.19. The van der Waals surface area contributed by atoms with Crippen molar-refractivity contribution in [2.24, 2.45) is 0 Å². The van der Waals surface area contributed by atoms with Crippen LogP contribution in [0.5, 0.6) is 0 Å². The van der Waals surface area contributed by atoms with E-state index in [0.717, 1.165) is 0 Å². The van der Waals surface area contributed by atoms with Crippen LogP contribution in [0.4, 0.5) is 11.5 Å². The smallest absolute Gasteiger partial charge is 0.275 e. The maximum absolute atomic E-state index is 11.7. The van der Waals surface area contributed by atoms with Crippen molar-refractivity contribution in [3.05, 3.63) is 16.7 Å². The minimum atomic E-state index is -0.743. The third-order valence-electron chi connectivity index (χ3n) is 3.41. The Kier molecular flexibility index (Phi) is 2.96. The number of nitrogens with zero attached hydrogens (tertiary/aromatic N) is 3. The molecule has 1 fully saturated rings. The summed E-state index contributed by atoms with van der Waals surface area (Å²) in [6, 6.07) is 0. The van der Waals surface area contributed by atoms with Crippen LogP contribution in [-0.4, -0.2) is 59.9 Å². The first-order valence-electron chi connectivity index (χ1n) is 5.92. The quantitative estimate of drug-likeness (QED) is 0.526. The molecule has 0 bridgehead atoms. The summed E-state index contributed by atoms with van der Waals surface area (Å²) in [6.07, 6.45) is -0.210. The first-order chi connectivity index (χ1) is 9.11. The van der Waals surface area contributed by atoms with Gasteiger partial charge in [-0.3, -0.25) is 4.79 Å². The third kappa shape index (κ3) is 1.90. The van der Waals surface area contributed by atoms with Gasteiger partial charge in [0, 0.05) is 6.42 Å². The molecule has 2 radical (unpaired) electrons. The summed E-state index contributed by atoms with van der Waals surface area (Å²) in [7, 11) is 5.77. The molecule has 0 spiro atoms. The number of nitrogens with one attached hydrogen (secondary N) is 1. The molecule has 0 saturated carbocycles. The van der Waals surface area contributed by atoms with Crippen LogP contribution in [0.25, 0.3) is 0 Å². The van der Waals surface area contributed by atoms with E-state index in [9.17, 15) is 9.90 Å². The Morgan fingerprint density at radius 1 is 1.63 bits per heavy atom. The molecule has 0 amide bonds. The minimum absolute atomic E-state index is 0.241. The van der Waals surface area contributed by atoms with Crippen LogP contribution in [0.1, 0.15) is 6.42 Å². The van der Waals surface area contributed by atoms with E-state index in [2.05, 4.69) is 9.97 Å². The summed E-state index contributed by atoms with van der Waals surface area (Å²) in [5.41, 5.74) is -0.0553. The van der Waals surface area contributed by atoms with Gasteiger partial charge in [0.25, 0.3) is 5.56 Å². The number of aromatic amines is 1. The van der Waals surface area contributed by atoms with Crippen molar-refractivity contribution in [3.8, 4) is 0 Å². The summed E-state index contributed by atoms with van der Waals surface area (Å²) in [5, 5.41) is 18.8. The molecule has 3 heterocycles. The maximum Gasteiger partial charge on any atom is 0.275 e. The van der Waals surface area contributed by atoms with Crippen LogP contribution in [0.2, 0.25) is 0 Å². The molecule has 100 valence electrons. The van der Waals surface area contributed by atoms with Gasteiger partial charge in [-0.1, -0.05) is 0 Å². The van der Waals surface area contributed by atoms with Gasteiger partial charge >= 0.3 is 0 Å². The van der Waals surface area contributed by atoms with Crippen molar-refractivity contribution in [3.63, 3.8) is 0 Å². The van der Waals surface area contributed by atoms with Gasteiger partial charge in [0.1, 0.15) is 18.0 Å². The molecule has 0 aromatic carbocycles. The lowest BCUT2D eigenvalue weighted by Gasteiger charge is -2.25. The second-order valence-electron chi connectivity index (χ2n) is 4.60. The van der Waals surface area contributed by atoms with E-state index in [1.807, 2.05) is 0 Å². The molecule has 9 heteroatoms. The van der Waals surface area contributed by atoms with Crippen molar-refractivity contribution in [1.29, 1.82) is 0 Å². The largest absolute Gasteiger partial charge is 0.402 e. The highest BCUT2D eigenvalue weighted by Gasteiger charge is 2.41. The van der Waals surface area contributed by atoms with Gasteiger partial charge in [-0.25, -0.2) is 4.98 Å². The van der Waals surface area contributed by atoms with Gasteiger partial charge in [0.2, 0.25) is 7.98 Å². The van der Waals surface area contributed by atoms with E-state index in [0.29, 0.717) is 12.2 Å². The molecule has 0 aliphatic carbocycles. The van der Waals surface area contributed by atoms with Gasteiger partial charge < -0.3 is 29.6 Å². The molecule has 0 unspecified atom stereocenters. The highest BCUT2D eigenvalue weighted by Crippen LogP contribution is 2.34. The first-order valence-corrected chi connectivity index (χ1v) is 5.92. The van der Waals surface area contributed by atoms with Crippen molar-refractivity contribution in [2.45, 2.75) is 24.9 Å². The standard InChI is InChI=1S/C10H13BN4O4/c11-15-4-14(7-1-5(17)6(2-16)19-7)9-8(15)10(18)13-3-12-9/h3,5-7,16-17H,1-2,4H2,(H,12,13,18)/t5-,6+,7+/m0/s1. The fourth-order valence-electron chi connectivity index (χ4n) is 2.45. The molecular formula is C10H13BN4O4. The Morgan fingerprint density at radius 2 is 2.42 bits per heavy atom. The van der Waals surface area contributed by atoms with Crippen LogP contribution < -0.4 is 15.3 Å². The molecule has 3 atom stereocenters. The Morgan fingerprint density at radius 3 is 3.11 bits per heavy atom. The van der Waals surface area contributed by atoms with E-state index in [-0.39, 0.29) is 24.5 Å². The number of ether oxygens (including phenoxy) is 1. The Hall–Kier alpha value is -1.58. The van der Waals surface area contributed by atoms with Crippen LogP contribution in [0.3, 0.4) is 0 Å². The van der Waals surface area contributed by atoms with E-state index in [4.69, 9.17) is 17.8 Å². The number of fused-ring (bicyclic) bond motifs is 1. The number of aliphatic hydroxyl groups excluding tert-OH is 2. The number of hydrogen-bond donors (Lipinski definition) is 3. The molecule has 3 N–H and O–H groups in total. The zero-order valence-corrected chi connectivity index (χ0v) is 10.1. The third-order valence-corrected chi connectivity index (χ3v) is 3.41. The van der Waals surface area contributed by atoms with Gasteiger partial charge in [-0.2, -0.15) is 0 Å². The zero-order valence-electron chi connectivity index (χ0n) is 10.1. The lowest BCUT2D eigenvalue weighted by atomic mass is 10.2. The van der Waals surface area contributed by atoms with Crippen molar-refractivity contribution < 1.29 is 14.9 Å². The van der Waals surface area contributed by atoms with Crippen molar-refractivity contribution >= 4 is 19.5 Å². The van der Waals surface area contributed by atoms with Crippen LogP contribution in [0.15, 0.2) is 11.1 Å². The van der Waals surface area contributed by atoms with Crippen LogP contribution >= 0.6 is 0 Å². The lowest BCUT2D eigenvalue weighted by molar-refractivity contribution is -0.0219. The van der Waals surface area contributed by atoms with E-state index < -0.39 is 18.4 Å².